The molecule has 0 aromatic heterocycles. The van der Waals surface area contributed by atoms with Gasteiger partial charge in [0.25, 0.3) is 0 Å². The molecule has 12 nitrogen and oxygen atoms in total. The zero-order valence-electron chi connectivity index (χ0n) is 32.7. The van der Waals surface area contributed by atoms with E-state index in [1.165, 1.54) is 5.57 Å². The van der Waals surface area contributed by atoms with Crippen molar-refractivity contribution < 1.29 is 59.5 Å². The molecule has 5 aliphatic carbocycles. The average Bonchev–Trinajstić information content (AvgIpc) is 3.08. The van der Waals surface area contributed by atoms with Crippen molar-refractivity contribution in [1.29, 1.82) is 0 Å². The molecule has 2 saturated heterocycles. The van der Waals surface area contributed by atoms with Gasteiger partial charge in [-0.1, -0.05) is 60.1 Å². The van der Waals surface area contributed by atoms with Crippen molar-refractivity contribution in [2.75, 3.05) is 13.2 Å². The molecule has 7 N–H and O–H groups in total. The number of rotatable bonds is 6. The summed E-state index contributed by atoms with van der Waals surface area (Å²) in [4.78, 5) is 13.0. The molecule has 0 aromatic rings. The number of aliphatic hydroxyl groups is 6. The molecule has 53 heavy (non-hydrogen) atoms. The number of hydrogen-bond donors (Lipinski definition) is 7. The third-order valence-corrected chi connectivity index (χ3v) is 16.9. The van der Waals surface area contributed by atoms with Gasteiger partial charge >= 0.3 is 5.97 Å². The molecular weight excluding hydrogens is 684 g/mol. The average molecular weight is 751 g/mol. The van der Waals surface area contributed by atoms with Gasteiger partial charge in [0.1, 0.15) is 42.7 Å². The number of carbonyl (C=O) groups is 1. The molecule has 0 unspecified atom stereocenters. The van der Waals surface area contributed by atoms with Gasteiger partial charge in [0, 0.05) is 0 Å². The van der Waals surface area contributed by atoms with E-state index in [2.05, 4.69) is 54.5 Å². The maximum absolute atomic E-state index is 13.0. The third kappa shape index (κ3) is 5.94. The van der Waals surface area contributed by atoms with Crippen LogP contribution in [-0.4, -0.2) is 116 Å². The summed E-state index contributed by atoms with van der Waals surface area (Å²) in [6, 6.07) is 0. The number of ether oxygens (including phenoxy) is 4. The molecule has 302 valence electrons. The van der Waals surface area contributed by atoms with E-state index < -0.39 is 73.3 Å². The molecule has 0 amide bonds. The third-order valence-electron chi connectivity index (χ3n) is 16.9. The second-order valence-electron chi connectivity index (χ2n) is 20.2. The van der Waals surface area contributed by atoms with E-state index in [1.807, 2.05) is 0 Å². The Balaban J connectivity index is 1.13. The van der Waals surface area contributed by atoms with Crippen LogP contribution in [0.4, 0.5) is 0 Å². The largest absolute Gasteiger partial charge is 0.481 e. The Morgan fingerprint density at radius 3 is 2.19 bits per heavy atom. The van der Waals surface area contributed by atoms with Crippen molar-refractivity contribution in [3.8, 4) is 0 Å². The highest BCUT2D eigenvalue weighted by atomic mass is 16.8. The van der Waals surface area contributed by atoms with E-state index in [1.54, 1.807) is 0 Å². The molecule has 2 aliphatic heterocycles. The van der Waals surface area contributed by atoms with E-state index in [9.17, 15) is 40.5 Å². The van der Waals surface area contributed by atoms with Crippen LogP contribution in [0.2, 0.25) is 0 Å². The van der Waals surface area contributed by atoms with Gasteiger partial charge in [-0.05, 0) is 109 Å². The van der Waals surface area contributed by atoms with Crippen LogP contribution in [0.15, 0.2) is 11.6 Å². The highest BCUT2D eigenvalue weighted by Crippen LogP contribution is 2.76. The van der Waals surface area contributed by atoms with Crippen LogP contribution in [0.3, 0.4) is 0 Å². The van der Waals surface area contributed by atoms with Crippen molar-refractivity contribution in [3.05, 3.63) is 11.6 Å². The molecular formula is C41H66O12. The summed E-state index contributed by atoms with van der Waals surface area (Å²) in [5.74, 6) is 0.147. The first-order chi connectivity index (χ1) is 24.7. The van der Waals surface area contributed by atoms with E-state index in [0.29, 0.717) is 11.8 Å². The minimum Gasteiger partial charge on any atom is -0.481 e. The number of fused-ring (bicyclic) bond motifs is 7. The van der Waals surface area contributed by atoms with E-state index in [-0.39, 0.29) is 45.7 Å². The number of carboxylic acids is 1. The minimum atomic E-state index is -1.69. The molecule has 0 bridgehead atoms. The smallest absolute Gasteiger partial charge is 0.310 e. The van der Waals surface area contributed by atoms with Crippen LogP contribution >= 0.6 is 0 Å². The van der Waals surface area contributed by atoms with Crippen LogP contribution in [0.25, 0.3) is 0 Å². The van der Waals surface area contributed by atoms with E-state index in [4.69, 9.17) is 18.9 Å². The van der Waals surface area contributed by atoms with Crippen molar-refractivity contribution >= 4 is 5.97 Å². The molecule has 17 atom stereocenters. The molecule has 7 rings (SSSR count). The maximum Gasteiger partial charge on any atom is 0.310 e. The zero-order chi connectivity index (χ0) is 38.7. The number of aliphatic hydroxyl groups excluding tert-OH is 6. The predicted molar refractivity (Wildman–Crippen MR) is 192 cm³/mol. The van der Waals surface area contributed by atoms with E-state index in [0.717, 1.165) is 64.2 Å². The summed E-state index contributed by atoms with van der Waals surface area (Å²) < 4.78 is 24.3. The van der Waals surface area contributed by atoms with Crippen LogP contribution in [-0.2, 0) is 23.7 Å². The first-order valence-corrected chi connectivity index (χ1v) is 20.2. The van der Waals surface area contributed by atoms with Gasteiger partial charge in [-0.15, -0.1) is 0 Å². The summed E-state index contributed by atoms with van der Waals surface area (Å²) in [5.41, 5.74) is 0.450. The van der Waals surface area contributed by atoms with Gasteiger partial charge in [-0.2, -0.15) is 0 Å². The van der Waals surface area contributed by atoms with Crippen molar-refractivity contribution in [2.45, 2.75) is 174 Å². The lowest BCUT2D eigenvalue weighted by molar-refractivity contribution is -0.367. The van der Waals surface area contributed by atoms with Gasteiger partial charge in [0.15, 0.2) is 12.6 Å². The van der Waals surface area contributed by atoms with Crippen molar-refractivity contribution in [1.82, 2.24) is 0 Å². The fraction of sp³-hybridized carbons (Fsp3) is 0.927. The monoisotopic (exact) mass is 750 g/mol. The van der Waals surface area contributed by atoms with Gasteiger partial charge in [0.05, 0.1) is 24.7 Å². The van der Waals surface area contributed by atoms with Gasteiger partial charge in [-0.25, -0.2) is 0 Å². The van der Waals surface area contributed by atoms with Crippen LogP contribution in [0.1, 0.15) is 113 Å². The Bertz CT molecular complexity index is 1430. The minimum absolute atomic E-state index is 0.00935. The molecule has 0 radical (unpaired) electrons. The number of allylic oxidation sites excluding steroid dienone is 2. The summed E-state index contributed by atoms with van der Waals surface area (Å²) >= 11 is 0. The highest BCUT2D eigenvalue weighted by Gasteiger charge is 2.69. The normalized spacial score (nSPS) is 53.3. The Labute approximate surface area is 314 Å². The molecule has 0 spiro atoms. The van der Waals surface area contributed by atoms with Gasteiger partial charge < -0.3 is 54.7 Å². The number of aliphatic carboxylic acids is 1. The quantitative estimate of drug-likeness (QED) is 0.155. The first kappa shape index (κ1) is 40.0. The fourth-order valence-corrected chi connectivity index (χ4v) is 13.4. The van der Waals surface area contributed by atoms with Crippen molar-refractivity contribution in [2.24, 2.45) is 50.2 Å². The SMILES string of the molecule is CC1(C)CC[C@]2(C(=O)O)CC[C@]3(C)C(=CC[C@@H]4[C@@]5(C)CC[C@@H](O[C@@H]6OC[C@H](O)[C@H](O)[C@H]6O[C@@H]6O[C@H](CO)[C@@H](O)[C@H](O)[C@H]6O)C(C)(C)[C@@H]5CC[C@]43C)[C@H]2C1. The van der Waals surface area contributed by atoms with Crippen LogP contribution in [0, 0.1) is 50.2 Å². The Morgan fingerprint density at radius 1 is 0.811 bits per heavy atom. The molecule has 7 aliphatic rings. The summed E-state index contributed by atoms with van der Waals surface area (Å²) in [6.07, 6.45) is -1.79. The lowest BCUT2D eigenvalue weighted by Crippen LogP contribution is -2.66. The summed E-state index contributed by atoms with van der Waals surface area (Å²) in [5, 5.41) is 73.3. The Hall–Kier alpha value is -1.19. The standard InChI is InChI=1S/C41H66O12/c1-36(2)14-16-41(35(48)49)17-15-39(6)21(22(41)18-36)8-9-26-38(5)12-11-27(37(3,4)25(38)10-13-40(26,39)7)52-34-32(28(44)23(43)20-50-34)53-33-31(47)30(46)29(45)24(19-42)51-33/h8,22-34,42-47H,9-20H2,1-7H3,(H,48,49)/t22-,23+,24-,25+,26-,27-,28+,29-,30+,31-,32-,33+,34+,38+,39-,40-,41+/m1/s1. The lowest BCUT2D eigenvalue weighted by atomic mass is 9.33. The lowest BCUT2D eigenvalue weighted by Gasteiger charge is -2.71. The molecule has 4 saturated carbocycles. The predicted octanol–water partition coefficient (Wildman–Crippen LogP) is 3.52. The summed E-state index contributed by atoms with van der Waals surface area (Å²) in [7, 11) is 0. The number of hydrogen-bond acceptors (Lipinski definition) is 11. The molecule has 0 aromatic carbocycles. The Morgan fingerprint density at radius 2 is 1.51 bits per heavy atom. The molecule has 6 fully saturated rings. The topological polar surface area (TPSA) is 196 Å². The summed E-state index contributed by atoms with van der Waals surface area (Å²) in [6.45, 7) is 15.7. The molecule has 2 heterocycles. The fourth-order valence-electron chi connectivity index (χ4n) is 13.4. The van der Waals surface area contributed by atoms with Crippen LogP contribution in [0.5, 0.6) is 0 Å². The second-order valence-corrected chi connectivity index (χ2v) is 20.2. The second kappa shape index (κ2) is 13.5. The van der Waals surface area contributed by atoms with E-state index >= 15 is 0 Å². The van der Waals surface area contributed by atoms with Crippen LogP contribution < -0.4 is 0 Å². The Kier molecular flexibility index (Phi) is 10.2. The number of carboxylic acid groups (broad SMARTS) is 1. The first-order valence-electron chi connectivity index (χ1n) is 20.2. The molecule has 12 heteroatoms. The van der Waals surface area contributed by atoms with Gasteiger partial charge in [0.2, 0.25) is 0 Å². The van der Waals surface area contributed by atoms with Crippen molar-refractivity contribution in [3.63, 3.8) is 0 Å². The maximum atomic E-state index is 13.0. The highest BCUT2D eigenvalue weighted by molar-refractivity contribution is 5.76. The van der Waals surface area contributed by atoms with Gasteiger partial charge in [-0.3, -0.25) is 4.79 Å². The zero-order valence-corrected chi connectivity index (χ0v) is 32.7.